The zero-order valence-electron chi connectivity index (χ0n) is 24.1. The molecular weight excluding hydrogens is 544 g/mol. The second-order valence-corrected chi connectivity index (χ2v) is 10.4. The fourth-order valence-electron chi connectivity index (χ4n) is 4.17. The van der Waals surface area contributed by atoms with E-state index in [1.165, 1.54) is 16.6 Å². The quantitative estimate of drug-likeness (QED) is 0.189. The van der Waals surface area contributed by atoms with Gasteiger partial charge in [-0.2, -0.15) is 0 Å². The Hall–Kier alpha value is -4.87. The van der Waals surface area contributed by atoms with Crippen molar-refractivity contribution in [2.45, 2.75) is 45.4 Å². The summed E-state index contributed by atoms with van der Waals surface area (Å²) in [4.78, 5) is 63.8. The van der Waals surface area contributed by atoms with Gasteiger partial charge in [-0.15, -0.1) is 0 Å². The first-order valence-corrected chi connectivity index (χ1v) is 13.3. The van der Waals surface area contributed by atoms with Crippen LogP contribution < -0.4 is 10.6 Å². The van der Waals surface area contributed by atoms with Crippen LogP contribution in [0.3, 0.4) is 0 Å². The molecule has 0 unspecified atom stereocenters. The van der Waals surface area contributed by atoms with Gasteiger partial charge >= 0.3 is 18.2 Å². The van der Waals surface area contributed by atoms with E-state index in [2.05, 4.69) is 10.6 Å². The number of benzene rings is 2. The van der Waals surface area contributed by atoms with Crippen molar-refractivity contribution >= 4 is 41.4 Å². The molecule has 3 aromatic rings. The molecule has 1 aromatic heterocycles. The van der Waals surface area contributed by atoms with Crippen molar-refractivity contribution in [3.63, 3.8) is 0 Å². The van der Waals surface area contributed by atoms with Crippen molar-refractivity contribution in [3.8, 4) is 0 Å². The van der Waals surface area contributed by atoms with Crippen LogP contribution in [0.2, 0.25) is 0 Å². The fourth-order valence-corrected chi connectivity index (χ4v) is 4.17. The first-order chi connectivity index (χ1) is 20.0. The number of hydrogen-bond acceptors (Lipinski definition) is 8. The summed E-state index contributed by atoms with van der Waals surface area (Å²) in [7, 11) is 1.19. The Bertz CT molecular complexity index is 1400. The van der Waals surface area contributed by atoms with Gasteiger partial charge in [-0.3, -0.25) is 19.0 Å². The first-order valence-electron chi connectivity index (χ1n) is 13.3. The second kappa shape index (κ2) is 14.7. The van der Waals surface area contributed by atoms with Crippen molar-refractivity contribution in [2.75, 3.05) is 26.7 Å². The van der Waals surface area contributed by atoms with E-state index >= 15 is 0 Å². The van der Waals surface area contributed by atoms with E-state index in [0.29, 0.717) is 17.5 Å². The molecular formula is C30H36N4O8. The SMILES string of the molecule is COC(=O)CN(CCNC(=O)OCc1ccccc1)C(=O)[C@H](Cc1cn(C=O)c2ccccc12)NC(=O)OC(C)(C)C. The van der Waals surface area contributed by atoms with E-state index in [1.54, 1.807) is 51.2 Å². The van der Waals surface area contributed by atoms with Crippen LogP contribution >= 0.6 is 0 Å². The van der Waals surface area contributed by atoms with Crippen LogP contribution in [0.5, 0.6) is 0 Å². The molecule has 12 heteroatoms. The summed E-state index contributed by atoms with van der Waals surface area (Å²) in [5.74, 6) is -1.31. The molecule has 224 valence electrons. The molecule has 3 amide bonds. The Balaban J connectivity index is 1.78. The number of fused-ring (bicyclic) bond motifs is 1. The highest BCUT2D eigenvalue weighted by molar-refractivity contribution is 5.92. The Morgan fingerprint density at radius 1 is 1.00 bits per heavy atom. The van der Waals surface area contributed by atoms with Crippen LogP contribution in [-0.4, -0.2) is 78.3 Å². The lowest BCUT2D eigenvalue weighted by Gasteiger charge is -2.28. The van der Waals surface area contributed by atoms with Gasteiger partial charge in [0, 0.05) is 31.1 Å². The first kappa shape index (κ1) is 31.7. The van der Waals surface area contributed by atoms with Gasteiger partial charge in [0.05, 0.1) is 12.6 Å². The Kier molecular flexibility index (Phi) is 11.1. The molecule has 0 aliphatic heterocycles. The van der Waals surface area contributed by atoms with Gasteiger partial charge in [0.1, 0.15) is 24.8 Å². The van der Waals surface area contributed by atoms with Crippen LogP contribution in [0.25, 0.3) is 10.9 Å². The molecule has 1 heterocycles. The monoisotopic (exact) mass is 580 g/mol. The third-order valence-corrected chi connectivity index (χ3v) is 6.07. The number of nitrogens with zero attached hydrogens (tertiary/aromatic N) is 2. The fraction of sp³-hybridized carbons (Fsp3) is 0.367. The summed E-state index contributed by atoms with van der Waals surface area (Å²) < 4.78 is 16.7. The molecule has 1 atom stereocenters. The average molecular weight is 581 g/mol. The van der Waals surface area contributed by atoms with Crippen LogP contribution in [0.4, 0.5) is 9.59 Å². The Labute approximate surface area is 243 Å². The zero-order chi connectivity index (χ0) is 30.7. The van der Waals surface area contributed by atoms with Gasteiger partial charge < -0.3 is 29.7 Å². The number of nitrogens with one attached hydrogen (secondary N) is 2. The molecule has 2 N–H and O–H groups in total. The van der Waals surface area contributed by atoms with Gasteiger partial charge in [0.25, 0.3) is 0 Å². The summed E-state index contributed by atoms with van der Waals surface area (Å²) in [6.07, 6.45) is 0.693. The number of carbonyl (C=O) groups excluding carboxylic acids is 5. The maximum Gasteiger partial charge on any atom is 0.408 e. The number of ether oxygens (including phenoxy) is 3. The maximum atomic E-state index is 13.8. The van der Waals surface area contributed by atoms with Crippen LogP contribution in [-0.2, 0) is 41.6 Å². The van der Waals surface area contributed by atoms with E-state index in [9.17, 15) is 24.0 Å². The molecule has 0 saturated carbocycles. The van der Waals surface area contributed by atoms with Gasteiger partial charge in [-0.05, 0) is 38.0 Å². The smallest absolute Gasteiger partial charge is 0.408 e. The number of methoxy groups -OCH3 is 1. The molecule has 2 aromatic carbocycles. The normalized spacial score (nSPS) is 11.7. The summed E-state index contributed by atoms with van der Waals surface area (Å²) in [6.45, 7) is 4.57. The lowest BCUT2D eigenvalue weighted by atomic mass is 10.0. The minimum absolute atomic E-state index is 0.0103. The molecule has 0 aliphatic rings. The molecule has 3 rings (SSSR count). The number of amides is 3. The summed E-state index contributed by atoms with van der Waals surface area (Å²) in [5.41, 5.74) is 1.23. The Morgan fingerprint density at radius 2 is 1.69 bits per heavy atom. The summed E-state index contributed by atoms with van der Waals surface area (Å²) >= 11 is 0. The lowest BCUT2D eigenvalue weighted by molar-refractivity contribution is -0.147. The van der Waals surface area contributed by atoms with E-state index in [-0.39, 0.29) is 26.1 Å². The van der Waals surface area contributed by atoms with E-state index < -0.39 is 42.3 Å². The number of carbonyl (C=O) groups is 5. The largest absolute Gasteiger partial charge is 0.468 e. The number of alkyl carbamates (subject to hydrolysis) is 2. The van der Waals surface area contributed by atoms with Crippen molar-refractivity contribution in [3.05, 3.63) is 71.9 Å². The molecule has 0 radical (unpaired) electrons. The van der Waals surface area contributed by atoms with E-state index in [4.69, 9.17) is 14.2 Å². The van der Waals surface area contributed by atoms with E-state index in [1.807, 2.05) is 30.3 Å². The van der Waals surface area contributed by atoms with Crippen molar-refractivity contribution in [1.82, 2.24) is 20.1 Å². The number of para-hydroxylation sites is 1. The van der Waals surface area contributed by atoms with Gasteiger partial charge in [0.15, 0.2) is 0 Å². The third kappa shape index (κ3) is 9.36. The lowest BCUT2D eigenvalue weighted by Crippen LogP contribution is -2.53. The van der Waals surface area contributed by atoms with Crippen molar-refractivity contribution in [2.24, 2.45) is 0 Å². The number of esters is 1. The maximum absolute atomic E-state index is 13.8. The molecule has 0 saturated heterocycles. The Morgan fingerprint density at radius 3 is 2.36 bits per heavy atom. The highest BCUT2D eigenvalue weighted by Crippen LogP contribution is 2.22. The van der Waals surface area contributed by atoms with Gasteiger partial charge in [-0.1, -0.05) is 48.5 Å². The predicted molar refractivity (Wildman–Crippen MR) is 154 cm³/mol. The van der Waals surface area contributed by atoms with Crippen molar-refractivity contribution < 1.29 is 38.2 Å². The standard InChI is InChI=1S/C30H36N4O8/c1-30(2,3)42-29(39)32-24(16-22-17-34(20-35)25-13-9-8-12-23(22)25)27(37)33(18-26(36)40-4)15-14-31-28(38)41-19-21-10-6-5-7-11-21/h5-13,17,20,24H,14-16,18-19H2,1-4H3,(H,31,38)(H,32,39)/t24-/m0/s1. The topological polar surface area (TPSA) is 145 Å². The number of rotatable bonds is 12. The van der Waals surface area contributed by atoms with Gasteiger partial charge in [-0.25, -0.2) is 9.59 Å². The summed E-state index contributed by atoms with van der Waals surface area (Å²) in [6, 6.07) is 15.1. The highest BCUT2D eigenvalue weighted by Gasteiger charge is 2.30. The second-order valence-electron chi connectivity index (χ2n) is 10.4. The summed E-state index contributed by atoms with van der Waals surface area (Å²) in [5, 5.41) is 5.89. The van der Waals surface area contributed by atoms with Crippen LogP contribution in [0.15, 0.2) is 60.8 Å². The van der Waals surface area contributed by atoms with Crippen LogP contribution in [0, 0.1) is 0 Å². The predicted octanol–water partition coefficient (Wildman–Crippen LogP) is 3.04. The number of aromatic nitrogens is 1. The molecule has 0 bridgehead atoms. The molecule has 12 nitrogen and oxygen atoms in total. The molecule has 42 heavy (non-hydrogen) atoms. The van der Waals surface area contributed by atoms with Gasteiger partial charge in [0.2, 0.25) is 12.3 Å². The highest BCUT2D eigenvalue weighted by atomic mass is 16.6. The molecule has 0 aliphatic carbocycles. The minimum Gasteiger partial charge on any atom is -0.468 e. The number of hydrogen-bond donors (Lipinski definition) is 2. The van der Waals surface area contributed by atoms with Crippen molar-refractivity contribution in [1.29, 1.82) is 0 Å². The zero-order valence-corrected chi connectivity index (χ0v) is 24.1. The van der Waals surface area contributed by atoms with Crippen LogP contribution in [0.1, 0.15) is 31.9 Å². The molecule has 0 spiro atoms. The minimum atomic E-state index is -1.18. The van der Waals surface area contributed by atoms with E-state index in [0.717, 1.165) is 10.9 Å². The molecule has 0 fully saturated rings. The average Bonchev–Trinajstić information content (AvgIpc) is 3.31. The third-order valence-electron chi connectivity index (χ3n) is 6.07.